The van der Waals surface area contributed by atoms with E-state index in [0.717, 1.165) is 31.2 Å². The van der Waals surface area contributed by atoms with Gasteiger partial charge < -0.3 is 10.3 Å². The third-order valence-corrected chi connectivity index (χ3v) is 3.76. The molecule has 5 nitrogen and oxygen atoms in total. The van der Waals surface area contributed by atoms with Crippen molar-refractivity contribution in [2.24, 2.45) is 5.73 Å². The van der Waals surface area contributed by atoms with Gasteiger partial charge in [0.05, 0.1) is 6.54 Å². The summed E-state index contributed by atoms with van der Waals surface area (Å²) in [5.74, 6) is 1.12. The van der Waals surface area contributed by atoms with Crippen molar-refractivity contribution in [3.05, 3.63) is 47.8 Å². The van der Waals surface area contributed by atoms with Gasteiger partial charge in [-0.25, -0.2) is 4.98 Å². The first kappa shape index (κ1) is 12.3. The fourth-order valence-corrected chi connectivity index (χ4v) is 2.63. The topological polar surface area (TPSA) is 60.0 Å². The molecule has 1 aliphatic rings. The van der Waals surface area contributed by atoms with Crippen LogP contribution in [0.3, 0.4) is 0 Å². The number of pyridine rings is 1. The molecule has 100 valence electrons. The van der Waals surface area contributed by atoms with E-state index in [1.807, 2.05) is 31.6 Å². The van der Waals surface area contributed by atoms with Gasteiger partial charge >= 0.3 is 0 Å². The zero-order chi connectivity index (χ0) is 13.2. The van der Waals surface area contributed by atoms with E-state index in [-0.39, 0.29) is 6.04 Å². The highest BCUT2D eigenvalue weighted by Gasteiger charge is 2.24. The van der Waals surface area contributed by atoms with E-state index in [0.29, 0.717) is 6.54 Å². The van der Waals surface area contributed by atoms with Gasteiger partial charge in [0.25, 0.3) is 0 Å². The maximum absolute atomic E-state index is 5.97. The summed E-state index contributed by atoms with van der Waals surface area (Å²) in [5.41, 5.74) is 8.20. The van der Waals surface area contributed by atoms with Gasteiger partial charge in [0.1, 0.15) is 5.82 Å². The zero-order valence-electron chi connectivity index (χ0n) is 11.2. The van der Waals surface area contributed by atoms with Crippen LogP contribution in [-0.4, -0.2) is 32.5 Å². The van der Waals surface area contributed by atoms with E-state index >= 15 is 0 Å². The lowest BCUT2D eigenvalue weighted by Gasteiger charge is -2.34. The van der Waals surface area contributed by atoms with Gasteiger partial charge in [-0.05, 0) is 18.6 Å². The first-order valence-corrected chi connectivity index (χ1v) is 6.64. The number of hydrogen-bond donors (Lipinski definition) is 1. The lowest BCUT2D eigenvalue weighted by molar-refractivity contribution is 0.156. The Morgan fingerprint density at radius 2 is 2.21 bits per heavy atom. The number of nitrogens with zero attached hydrogens (tertiary/aromatic N) is 4. The fraction of sp³-hybridized carbons (Fsp3) is 0.429. The molecule has 0 aromatic carbocycles. The second-order valence-electron chi connectivity index (χ2n) is 4.99. The van der Waals surface area contributed by atoms with Gasteiger partial charge in [0.15, 0.2) is 0 Å². The van der Waals surface area contributed by atoms with Crippen molar-refractivity contribution in [1.29, 1.82) is 0 Å². The van der Waals surface area contributed by atoms with Crippen molar-refractivity contribution in [3.63, 3.8) is 0 Å². The van der Waals surface area contributed by atoms with Gasteiger partial charge in [-0.3, -0.25) is 9.88 Å². The number of rotatable bonds is 3. The lowest BCUT2D eigenvalue weighted by Crippen LogP contribution is -2.39. The minimum absolute atomic E-state index is 0.221. The number of aryl methyl sites for hydroxylation is 1. The van der Waals surface area contributed by atoms with Gasteiger partial charge in [0, 0.05) is 50.0 Å². The molecule has 0 saturated heterocycles. The molecule has 2 N–H and O–H groups in total. The molecule has 3 rings (SSSR count). The first-order chi connectivity index (χ1) is 9.28. The molecular weight excluding hydrogens is 238 g/mol. The van der Waals surface area contributed by atoms with Crippen LogP contribution in [0.1, 0.15) is 23.1 Å². The zero-order valence-corrected chi connectivity index (χ0v) is 11.2. The Morgan fingerprint density at radius 1 is 1.32 bits per heavy atom. The van der Waals surface area contributed by atoms with E-state index in [2.05, 4.69) is 25.5 Å². The minimum Gasteiger partial charge on any atom is -0.333 e. The van der Waals surface area contributed by atoms with Crippen LogP contribution in [-0.2, 0) is 13.1 Å². The molecule has 0 spiro atoms. The van der Waals surface area contributed by atoms with E-state index in [9.17, 15) is 0 Å². The van der Waals surface area contributed by atoms with Gasteiger partial charge in [0.2, 0.25) is 0 Å². The second-order valence-corrected chi connectivity index (χ2v) is 4.99. The molecule has 1 atom stereocenters. The molecule has 0 aliphatic carbocycles. The predicted octanol–water partition coefficient (Wildman–Crippen LogP) is 1.10. The van der Waals surface area contributed by atoms with Crippen LogP contribution in [0.4, 0.5) is 0 Å². The molecule has 19 heavy (non-hydrogen) atoms. The van der Waals surface area contributed by atoms with Gasteiger partial charge in [-0.1, -0.05) is 6.07 Å². The summed E-state index contributed by atoms with van der Waals surface area (Å²) in [4.78, 5) is 11.2. The normalized spacial score (nSPS) is 17.2. The second kappa shape index (κ2) is 5.11. The van der Waals surface area contributed by atoms with Crippen LogP contribution in [0.15, 0.2) is 30.7 Å². The average Bonchev–Trinajstić information content (AvgIpc) is 2.89. The number of hydrogen-bond acceptors (Lipinski definition) is 4. The Morgan fingerprint density at radius 3 is 2.95 bits per heavy atom. The summed E-state index contributed by atoms with van der Waals surface area (Å²) in [7, 11) is 0. The summed E-state index contributed by atoms with van der Waals surface area (Å²) in [6.45, 7) is 5.43. The molecule has 1 aliphatic heterocycles. The third kappa shape index (κ3) is 2.39. The molecule has 0 bridgehead atoms. The van der Waals surface area contributed by atoms with Crippen LogP contribution in [0.25, 0.3) is 0 Å². The van der Waals surface area contributed by atoms with Crippen molar-refractivity contribution in [2.75, 3.05) is 13.1 Å². The Kier molecular flexibility index (Phi) is 3.31. The van der Waals surface area contributed by atoms with Gasteiger partial charge in [-0.15, -0.1) is 0 Å². The highest BCUT2D eigenvalue weighted by molar-refractivity contribution is 5.18. The fourth-order valence-electron chi connectivity index (χ4n) is 2.63. The molecule has 1 unspecified atom stereocenters. The maximum Gasteiger partial charge on any atom is 0.122 e. The summed E-state index contributed by atoms with van der Waals surface area (Å²) < 4.78 is 2.21. The number of fused-ring (bicyclic) bond motifs is 1. The number of nitrogens with two attached hydrogens (primary N) is 1. The Bertz CT molecular complexity index is 545. The Labute approximate surface area is 113 Å². The number of imidazole rings is 1. The van der Waals surface area contributed by atoms with Crippen LogP contribution < -0.4 is 5.73 Å². The SMILES string of the molecule is Cc1ccc(C(CN)N2CCn3ccnc3C2)cn1. The monoisotopic (exact) mass is 257 g/mol. The van der Waals surface area contributed by atoms with Crippen molar-refractivity contribution < 1.29 is 0 Å². The summed E-state index contributed by atoms with van der Waals surface area (Å²) in [6.07, 6.45) is 5.84. The third-order valence-electron chi connectivity index (χ3n) is 3.76. The smallest absolute Gasteiger partial charge is 0.122 e. The molecule has 0 saturated carbocycles. The van der Waals surface area contributed by atoms with E-state index in [4.69, 9.17) is 5.73 Å². The van der Waals surface area contributed by atoms with Crippen molar-refractivity contribution in [2.45, 2.75) is 26.1 Å². The van der Waals surface area contributed by atoms with Crippen molar-refractivity contribution in [3.8, 4) is 0 Å². The van der Waals surface area contributed by atoms with E-state index in [1.54, 1.807) is 0 Å². The summed E-state index contributed by atoms with van der Waals surface area (Å²) >= 11 is 0. The van der Waals surface area contributed by atoms with Gasteiger partial charge in [-0.2, -0.15) is 0 Å². The highest BCUT2D eigenvalue weighted by atomic mass is 15.3. The summed E-state index contributed by atoms with van der Waals surface area (Å²) in [5, 5.41) is 0. The van der Waals surface area contributed by atoms with Crippen LogP contribution in [0, 0.1) is 6.92 Å². The van der Waals surface area contributed by atoms with Crippen LogP contribution >= 0.6 is 0 Å². The molecular formula is C14H19N5. The molecule has 0 radical (unpaired) electrons. The molecule has 2 aromatic rings. The Hall–Kier alpha value is -1.72. The quantitative estimate of drug-likeness (QED) is 0.894. The molecule has 0 amide bonds. The minimum atomic E-state index is 0.221. The molecule has 5 heteroatoms. The van der Waals surface area contributed by atoms with Crippen LogP contribution in [0.5, 0.6) is 0 Å². The highest BCUT2D eigenvalue weighted by Crippen LogP contribution is 2.23. The molecule has 2 aromatic heterocycles. The predicted molar refractivity (Wildman–Crippen MR) is 73.4 cm³/mol. The van der Waals surface area contributed by atoms with Crippen LogP contribution in [0.2, 0.25) is 0 Å². The lowest BCUT2D eigenvalue weighted by atomic mass is 10.1. The van der Waals surface area contributed by atoms with Crippen molar-refractivity contribution >= 4 is 0 Å². The van der Waals surface area contributed by atoms with E-state index < -0.39 is 0 Å². The standard InChI is InChI=1S/C14H19N5/c1-11-2-3-12(9-17-11)13(8-15)19-7-6-18-5-4-16-14(18)10-19/h2-5,9,13H,6-8,10,15H2,1H3. The van der Waals surface area contributed by atoms with Crippen molar-refractivity contribution in [1.82, 2.24) is 19.4 Å². The number of aromatic nitrogens is 3. The Balaban J connectivity index is 1.82. The average molecular weight is 257 g/mol. The molecule has 3 heterocycles. The van der Waals surface area contributed by atoms with E-state index in [1.165, 1.54) is 5.56 Å². The first-order valence-electron chi connectivity index (χ1n) is 6.64. The summed E-state index contributed by atoms with van der Waals surface area (Å²) in [6, 6.07) is 4.39. The molecule has 0 fully saturated rings. The maximum atomic E-state index is 5.97. The largest absolute Gasteiger partial charge is 0.333 e.